The van der Waals surface area contributed by atoms with E-state index in [-0.39, 0.29) is 18.2 Å². The van der Waals surface area contributed by atoms with Crippen LogP contribution in [0.3, 0.4) is 0 Å². The molecule has 0 aromatic rings. The van der Waals surface area contributed by atoms with E-state index in [2.05, 4.69) is 11.9 Å². The predicted molar refractivity (Wildman–Crippen MR) is 63.3 cm³/mol. The molecule has 16 heavy (non-hydrogen) atoms. The topological polar surface area (TPSA) is 66.4 Å². The molecule has 0 aliphatic carbocycles. The van der Waals surface area contributed by atoms with Crippen molar-refractivity contribution < 1.29 is 14.7 Å². The Morgan fingerprint density at radius 1 is 1.44 bits per heavy atom. The van der Waals surface area contributed by atoms with Gasteiger partial charge in [0.1, 0.15) is 0 Å². The number of carboxylic acid groups (broad SMARTS) is 1. The zero-order chi connectivity index (χ0) is 12.6. The summed E-state index contributed by atoms with van der Waals surface area (Å²) >= 11 is 0. The monoisotopic (exact) mass is 223 g/mol. The largest absolute Gasteiger partial charge is 0.465 e. The number of carbonyl (C=O) groups excluding carboxylic acids is 1. The normalized spacial score (nSPS) is 13.5. The van der Waals surface area contributed by atoms with Crippen molar-refractivity contribution in [3.63, 3.8) is 0 Å². The van der Waals surface area contributed by atoms with Gasteiger partial charge in [-0.1, -0.05) is 30.9 Å². The molecule has 0 saturated heterocycles. The Balaban J connectivity index is 4.24. The fourth-order valence-electron chi connectivity index (χ4n) is 1.07. The fraction of sp³-hybridized carbons (Fsp3) is 0.333. The third-order valence-corrected chi connectivity index (χ3v) is 1.89. The van der Waals surface area contributed by atoms with Crippen molar-refractivity contribution in [3.05, 3.63) is 36.5 Å². The Bertz CT molecular complexity index is 329. The van der Waals surface area contributed by atoms with Gasteiger partial charge in [0.15, 0.2) is 5.78 Å². The van der Waals surface area contributed by atoms with Crippen LogP contribution in [0.25, 0.3) is 0 Å². The molecule has 88 valence electrons. The van der Waals surface area contributed by atoms with E-state index in [1.807, 2.05) is 0 Å². The number of amides is 1. The lowest BCUT2D eigenvalue weighted by Gasteiger charge is -2.09. The first-order chi connectivity index (χ1) is 7.47. The van der Waals surface area contributed by atoms with Crippen LogP contribution in [0.4, 0.5) is 4.79 Å². The highest BCUT2D eigenvalue weighted by Crippen LogP contribution is 2.02. The summed E-state index contributed by atoms with van der Waals surface area (Å²) in [4.78, 5) is 21.9. The zero-order valence-electron chi connectivity index (χ0n) is 9.56. The molecule has 2 N–H and O–H groups in total. The number of allylic oxidation sites excluding steroid dienone is 5. The second kappa shape index (κ2) is 7.45. The van der Waals surface area contributed by atoms with Crippen LogP contribution < -0.4 is 5.32 Å². The van der Waals surface area contributed by atoms with Gasteiger partial charge in [-0.2, -0.15) is 0 Å². The molecule has 0 bridgehead atoms. The van der Waals surface area contributed by atoms with Gasteiger partial charge < -0.3 is 10.4 Å². The molecular formula is C12H17NO3. The van der Waals surface area contributed by atoms with Gasteiger partial charge in [-0.05, 0) is 19.4 Å². The molecule has 0 spiro atoms. The van der Waals surface area contributed by atoms with E-state index in [4.69, 9.17) is 5.11 Å². The number of nitrogens with one attached hydrogen (secondary N) is 1. The fourth-order valence-corrected chi connectivity index (χ4v) is 1.07. The second-order valence-corrected chi connectivity index (χ2v) is 3.45. The van der Waals surface area contributed by atoms with Crippen LogP contribution in [-0.4, -0.2) is 23.0 Å². The minimum atomic E-state index is -1.12. The van der Waals surface area contributed by atoms with Gasteiger partial charge >= 0.3 is 6.09 Å². The first kappa shape index (κ1) is 14.2. The SMILES string of the molecule is C=C/C=C\C=C(/C)C(=O)CC(C)NC(=O)O. The average Bonchev–Trinajstić information content (AvgIpc) is 2.16. The first-order valence-electron chi connectivity index (χ1n) is 4.96. The first-order valence-corrected chi connectivity index (χ1v) is 4.96. The molecule has 0 aromatic heterocycles. The highest BCUT2D eigenvalue weighted by atomic mass is 16.4. The maximum Gasteiger partial charge on any atom is 0.404 e. The lowest BCUT2D eigenvalue weighted by molar-refractivity contribution is -0.115. The van der Waals surface area contributed by atoms with Gasteiger partial charge in [-0.3, -0.25) is 4.79 Å². The highest BCUT2D eigenvalue weighted by molar-refractivity contribution is 5.95. The molecule has 0 heterocycles. The number of ketones is 1. The molecule has 0 aliphatic heterocycles. The Hall–Kier alpha value is -1.84. The quantitative estimate of drug-likeness (QED) is 0.536. The van der Waals surface area contributed by atoms with Gasteiger partial charge in [0, 0.05) is 12.5 Å². The minimum absolute atomic E-state index is 0.0741. The van der Waals surface area contributed by atoms with Crippen LogP contribution in [0.15, 0.2) is 36.5 Å². The molecule has 0 radical (unpaired) electrons. The number of hydrogen-bond acceptors (Lipinski definition) is 2. The van der Waals surface area contributed by atoms with Gasteiger partial charge in [-0.25, -0.2) is 4.79 Å². The Kier molecular flexibility index (Phi) is 6.59. The smallest absolute Gasteiger partial charge is 0.404 e. The molecule has 1 unspecified atom stereocenters. The van der Waals surface area contributed by atoms with E-state index in [9.17, 15) is 9.59 Å². The standard InChI is InChI=1S/C12H17NO3/c1-4-5-6-7-9(2)11(14)8-10(3)13-12(15)16/h4-7,10,13H,1,8H2,2-3H3,(H,15,16)/b6-5-,9-7+. The molecule has 4 heteroatoms. The van der Waals surface area contributed by atoms with Crippen molar-refractivity contribution in [1.82, 2.24) is 5.32 Å². The third-order valence-electron chi connectivity index (χ3n) is 1.89. The maximum absolute atomic E-state index is 11.6. The summed E-state index contributed by atoms with van der Waals surface area (Å²) in [6.07, 6.45) is 5.77. The van der Waals surface area contributed by atoms with Crippen LogP contribution in [0.1, 0.15) is 20.3 Å². The molecule has 0 aromatic carbocycles. The number of Topliss-reactive ketones (excluding diaryl/α,β-unsaturated/α-hetero) is 1. The van der Waals surface area contributed by atoms with E-state index >= 15 is 0 Å². The van der Waals surface area contributed by atoms with E-state index in [1.165, 1.54) is 0 Å². The summed E-state index contributed by atoms with van der Waals surface area (Å²) in [5.74, 6) is -0.0741. The van der Waals surface area contributed by atoms with Crippen LogP contribution in [0.2, 0.25) is 0 Å². The average molecular weight is 223 g/mol. The number of hydrogen-bond donors (Lipinski definition) is 2. The van der Waals surface area contributed by atoms with Crippen molar-refractivity contribution in [2.75, 3.05) is 0 Å². The van der Waals surface area contributed by atoms with Gasteiger partial charge in [-0.15, -0.1) is 0 Å². The molecular weight excluding hydrogens is 206 g/mol. The van der Waals surface area contributed by atoms with Gasteiger partial charge in [0.2, 0.25) is 0 Å². The summed E-state index contributed by atoms with van der Waals surface area (Å²) < 4.78 is 0. The van der Waals surface area contributed by atoms with Crippen LogP contribution in [0.5, 0.6) is 0 Å². The molecule has 4 nitrogen and oxygen atoms in total. The van der Waals surface area contributed by atoms with Crippen molar-refractivity contribution in [1.29, 1.82) is 0 Å². The van der Waals surface area contributed by atoms with Crippen molar-refractivity contribution in [3.8, 4) is 0 Å². The van der Waals surface area contributed by atoms with Crippen LogP contribution >= 0.6 is 0 Å². The van der Waals surface area contributed by atoms with Crippen molar-refractivity contribution in [2.45, 2.75) is 26.3 Å². The lowest BCUT2D eigenvalue weighted by atomic mass is 10.1. The highest BCUT2D eigenvalue weighted by Gasteiger charge is 2.11. The molecule has 0 fully saturated rings. The van der Waals surface area contributed by atoms with E-state index < -0.39 is 6.09 Å². The van der Waals surface area contributed by atoms with E-state index in [1.54, 1.807) is 38.2 Å². The molecule has 0 aliphatic rings. The van der Waals surface area contributed by atoms with Crippen molar-refractivity contribution >= 4 is 11.9 Å². The summed E-state index contributed by atoms with van der Waals surface area (Å²) in [5, 5.41) is 10.7. The minimum Gasteiger partial charge on any atom is -0.465 e. The molecule has 0 rings (SSSR count). The Labute approximate surface area is 95.4 Å². The molecule has 1 amide bonds. The lowest BCUT2D eigenvalue weighted by Crippen LogP contribution is -2.32. The van der Waals surface area contributed by atoms with Gasteiger partial charge in [0.05, 0.1) is 0 Å². The predicted octanol–water partition coefficient (Wildman–Crippen LogP) is 2.29. The summed E-state index contributed by atoms with van der Waals surface area (Å²) in [7, 11) is 0. The maximum atomic E-state index is 11.6. The van der Waals surface area contributed by atoms with Crippen LogP contribution in [-0.2, 0) is 4.79 Å². The Morgan fingerprint density at radius 3 is 2.56 bits per heavy atom. The van der Waals surface area contributed by atoms with Crippen molar-refractivity contribution in [2.24, 2.45) is 0 Å². The van der Waals surface area contributed by atoms with Crippen LogP contribution in [0, 0.1) is 0 Å². The van der Waals surface area contributed by atoms with E-state index in [0.717, 1.165) is 0 Å². The van der Waals surface area contributed by atoms with Gasteiger partial charge in [0.25, 0.3) is 0 Å². The molecule has 1 atom stereocenters. The summed E-state index contributed by atoms with van der Waals surface area (Å²) in [6.45, 7) is 6.86. The zero-order valence-corrected chi connectivity index (χ0v) is 9.56. The Morgan fingerprint density at radius 2 is 2.06 bits per heavy atom. The third kappa shape index (κ3) is 6.59. The second-order valence-electron chi connectivity index (χ2n) is 3.45. The van der Waals surface area contributed by atoms with E-state index in [0.29, 0.717) is 5.57 Å². The number of rotatable bonds is 6. The molecule has 0 saturated carbocycles. The number of carbonyl (C=O) groups is 2. The summed E-state index contributed by atoms with van der Waals surface area (Å²) in [6, 6.07) is -0.378. The summed E-state index contributed by atoms with van der Waals surface area (Å²) in [5.41, 5.74) is 0.595.